The fourth-order valence-electron chi connectivity index (χ4n) is 5.84. The van der Waals surface area contributed by atoms with Gasteiger partial charge in [-0.05, 0) is 76.1 Å². The van der Waals surface area contributed by atoms with E-state index in [2.05, 4.69) is 61.6 Å². The van der Waals surface area contributed by atoms with Crippen molar-refractivity contribution in [1.29, 1.82) is 0 Å². The van der Waals surface area contributed by atoms with Crippen molar-refractivity contribution in [2.75, 3.05) is 13.2 Å². The van der Waals surface area contributed by atoms with Gasteiger partial charge >= 0.3 is 0 Å². The molecule has 0 fully saturated rings. The van der Waals surface area contributed by atoms with Crippen LogP contribution < -0.4 is 5.32 Å². The maximum absolute atomic E-state index is 12.6. The van der Waals surface area contributed by atoms with Crippen LogP contribution >= 0.6 is 0 Å². The van der Waals surface area contributed by atoms with E-state index in [0.29, 0.717) is 4.90 Å². The predicted octanol–water partition coefficient (Wildman–Crippen LogP) is 8.27. The molecule has 5 heteroatoms. The van der Waals surface area contributed by atoms with E-state index in [1.54, 1.807) is 0 Å². The zero-order chi connectivity index (χ0) is 29.7. The molecule has 3 aromatic carbocycles. The van der Waals surface area contributed by atoms with Gasteiger partial charge in [0.25, 0.3) is 10.1 Å². The zero-order valence-electron chi connectivity index (χ0n) is 26.1. The number of quaternary nitrogens is 1. The molecule has 0 bridgehead atoms. The standard InChI is InChI=1S/C36H51NO3S/c1-28-22-29(2)26-35(25-28)34-18-16-33(17-19-34)27-37-20-14-12-10-8-6-7-9-11-13-15-21-40-41(38,39)36-31(4)23-30(3)24-32(36)5/h16-19,22-26,37H,6-15,20-21,27H2,1-5H3/p+1. The van der Waals surface area contributed by atoms with Gasteiger partial charge in [0, 0.05) is 5.56 Å². The minimum Gasteiger partial charge on any atom is -0.343 e. The van der Waals surface area contributed by atoms with E-state index >= 15 is 0 Å². The third kappa shape index (κ3) is 11.4. The molecule has 0 aromatic heterocycles. The lowest BCUT2D eigenvalue weighted by atomic mass is 10.00. The largest absolute Gasteiger partial charge is 0.343 e. The first-order valence-electron chi connectivity index (χ1n) is 15.6. The summed E-state index contributed by atoms with van der Waals surface area (Å²) in [5, 5.41) is 2.43. The summed E-state index contributed by atoms with van der Waals surface area (Å²) < 4.78 is 30.6. The highest BCUT2D eigenvalue weighted by molar-refractivity contribution is 7.86. The van der Waals surface area contributed by atoms with Crippen molar-refractivity contribution in [1.82, 2.24) is 0 Å². The SMILES string of the molecule is Cc1cc(C)cc(-c2ccc(C[NH2+]CCCCCCCCCCCCOS(=O)(=O)c3c(C)cc(C)cc3C)cc2)c1. The quantitative estimate of drug-likeness (QED) is 0.122. The molecule has 0 unspecified atom stereocenters. The lowest BCUT2D eigenvalue weighted by Gasteiger charge is -2.12. The minimum atomic E-state index is -3.68. The van der Waals surface area contributed by atoms with Crippen LogP contribution in [-0.4, -0.2) is 21.6 Å². The third-order valence-electron chi connectivity index (χ3n) is 7.78. The average Bonchev–Trinajstić information content (AvgIpc) is 2.90. The fourth-order valence-corrected chi connectivity index (χ4v) is 7.20. The number of hydrogen-bond acceptors (Lipinski definition) is 3. The van der Waals surface area contributed by atoms with E-state index in [0.717, 1.165) is 42.5 Å². The molecule has 0 amide bonds. The molecule has 0 atom stereocenters. The Balaban J connectivity index is 1.15. The lowest BCUT2D eigenvalue weighted by Crippen LogP contribution is -2.82. The highest BCUT2D eigenvalue weighted by Crippen LogP contribution is 2.24. The Labute approximate surface area is 250 Å². The van der Waals surface area contributed by atoms with Gasteiger partial charge < -0.3 is 5.32 Å². The van der Waals surface area contributed by atoms with Crippen molar-refractivity contribution in [2.24, 2.45) is 0 Å². The second-order valence-electron chi connectivity index (χ2n) is 11.9. The van der Waals surface area contributed by atoms with Gasteiger partial charge in [0.05, 0.1) is 18.0 Å². The number of hydrogen-bond donors (Lipinski definition) is 1. The highest BCUT2D eigenvalue weighted by Gasteiger charge is 2.20. The molecule has 3 rings (SSSR count). The van der Waals surface area contributed by atoms with E-state index in [9.17, 15) is 8.42 Å². The molecule has 3 aromatic rings. The van der Waals surface area contributed by atoms with Crippen molar-refractivity contribution >= 4 is 10.1 Å². The molecule has 0 saturated heterocycles. The molecule has 0 spiro atoms. The zero-order valence-corrected chi connectivity index (χ0v) is 26.9. The Hall–Kier alpha value is -2.47. The third-order valence-corrected chi connectivity index (χ3v) is 9.41. The van der Waals surface area contributed by atoms with Crippen LogP contribution in [0.15, 0.2) is 59.5 Å². The summed E-state index contributed by atoms with van der Waals surface area (Å²) in [5.74, 6) is 0. The summed E-state index contributed by atoms with van der Waals surface area (Å²) >= 11 is 0. The second kappa shape index (κ2) is 16.8. The minimum absolute atomic E-state index is 0.268. The molecule has 224 valence electrons. The van der Waals surface area contributed by atoms with E-state index in [1.165, 1.54) is 79.3 Å². The Kier molecular flexibility index (Phi) is 13.6. The maximum atomic E-state index is 12.6. The van der Waals surface area contributed by atoms with Crippen LogP contribution in [0.1, 0.15) is 97.6 Å². The number of benzene rings is 3. The second-order valence-corrected chi connectivity index (χ2v) is 13.4. The van der Waals surface area contributed by atoms with Gasteiger partial charge in [-0.3, -0.25) is 4.18 Å². The van der Waals surface area contributed by atoms with Gasteiger partial charge in [-0.1, -0.05) is 116 Å². The van der Waals surface area contributed by atoms with Gasteiger partial charge in [-0.25, -0.2) is 0 Å². The van der Waals surface area contributed by atoms with Gasteiger partial charge in [-0.15, -0.1) is 0 Å². The van der Waals surface area contributed by atoms with Crippen LogP contribution in [0.5, 0.6) is 0 Å². The Bertz CT molecular complexity index is 1290. The van der Waals surface area contributed by atoms with Crippen molar-refractivity contribution < 1.29 is 17.9 Å². The number of unbranched alkanes of at least 4 members (excludes halogenated alkanes) is 9. The number of rotatable bonds is 18. The molecule has 0 heterocycles. The number of aryl methyl sites for hydroxylation is 5. The average molecular weight is 579 g/mol. The monoisotopic (exact) mass is 578 g/mol. The van der Waals surface area contributed by atoms with Crippen molar-refractivity contribution in [3.8, 4) is 11.1 Å². The highest BCUT2D eigenvalue weighted by atomic mass is 32.2. The van der Waals surface area contributed by atoms with Gasteiger partial charge in [-0.2, -0.15) is 8.42 Å². The normalized spacial score (nSPS) is 11.7. The van der Waals surface area contributed by atoms with Crippen LogP contribution in [0.4, 0.5) is 0 Å². The molecule has 4 nitrogen and oxygen atoms in total. The maximum Gasteiger partial charge on any atom is 0.297 e. The topological polar surface area (TPSA) is 60.0 Å². The first kappa shape index (κ1) is 33.0. The van der Waals surface area contributed by atoms with Crippen molar-refractivity contribution in [3.05, 3.63) is 88.0 Å². The number of nitrogens with two attached hydrogens (primary N) is 1. The van der Waals surface area contributed by atoms with Crippen molar-refractivity contribution in [3.63, 3.8) is 0 Å². The fraction of sp³-hybridized carbons (Fsp3) is 0.500. The van der Waals surface area contributed by atoms with E-state index in [1.807, 2.05) is 32.9 Å². The molecule has 2 N–H and O–H groups in total. The van der Waals surface area contributed by atoms with E-state index in [-0.39, 0.29) is 6.61 Å². The van der Waals surface area contributed by atoms with Crippen LogP contribution in [-0.2, 0) is 20.8 Å². The molecule has 0 radical (unpaired) electrons. The van der Waals surface area contributed by atoms with Gasteiger partial charge in [0.1, 0.15) is 6.54 Å². The Morgan fingerprint density at radius 3 is 1.63 bits per heavy atom. The summed E-state index contributed by atoms with van der Waals surface area (Å²) in [6.07, 6.45) is 12.0. The molecule has 41 heavy (non-hydrogen) atoms. The van der Waals surface area contributed by atoms with E-state index in [4.69, 9.17) is 4.18 Å². The molecular weight excluding hydrogens is 526 g/mol. The molecule has 0 aliphatic carbocycles. The van der Waals surface area contributed by atoms with Crippen LogP contribution in [0, 0.1) is 34.6 Å². The first-order valence-corrected chi connectivity index (χ1v) is 17.0. The Morgan fingerprint density at radius 1 is 0.585 bits per heavy atom. The first-order chi connectivity index (χ1) is 19.7. The predicted molar refractivity (Wildman–Crippen MR) is 172 cm³/mol. The van der Waals surface area contributed by atoms with E-state index < -0.39 is 10.1 Å². The summed E-state index contributed by atoms with van der Waals surface area (Å²) in [4.78, 5) is 0.333. The molecule has 0 aliphatic heterocycles. The van der Waals surface area contributed by atoms with Gasteiger partial charge in [0.15, 0.2) is 0 Å². The van der Waals surface area contributed by atoms with Gasteiger partial charge in [0.2, 0.25) is 0 Å². The molecule has 0 aliphatic rings. The summed E-state index contributed by atoms with van der Waals surface area (Å²) in [7, 11) is -3.68. The van der Waals surface area contributed by atoms with Crippen LogP contribution in [0.2, 0.25) is 0 Å². The smallest absolute Gasteiger partial charge is 0.297 e. The van der Waals surface area contributed by atoms with Crippen molar-refractivity contribution in [2.45, 2.75) is 110 Å². The molecular formula is C36H52NO3S+. The summed E-state index contributed by atoms with van der Waals surface area (Å²) in [6, 6.07) is 19.6. The van der Waals surface area contributed by atoms with Crippen LogP contribution in [0.3, 0.4) is 0 Å². The lowest BCUT2D eigenvalue weighted by molar-refractivity contribution is -0.671. The van der Waals surface area contributed by atoms with Crippen LogP contribution in [0.25, 0.3) is 11.1 Å². The molecule has 0 saturated carbocycles. The summed E-state index contributed by atoms with van der Waals surface area (Å²) in [6.45, 7) is 12.5. The summed E-state index contributed by atoms with van der Waals surface area (Å²) in [5.41, 5.74) is 9.21. The Morgan fingerprint density at radius 2 is 1.07 bits per heavy atom.